The van der Waals surface area contributed by atoms with E-state index in [1.807, 2.05) is 13.8 Å². The van der Waals surface area contributed by atoms with Gasteiger partial charge >= 0.3 is 5.91 Å². The summed E-state index contributed by atoms with van der Waals surface area (Å²) in [5, 5.41) is 20.7. The normalized spacial score (nSPS) is 16.9. The highest BCUT2D eigenvalue weighted by molar-refractivity contribution is 8.00. The van der Waals surface area contributed by atoms with Gasteiger partial charge < -0.3 is 24.1 Å². The number of hydrogen-bond donors (Lipinski definition) is 1. The minimum atomic E-state index is -1.02. The highest BCUT2D eigenvalue weighted by Gasteiger charge is 2.48. The Balaban J connectivity index is 1.40. The number of rotatable bonds is 12. The Kier molecular flexibility index (Phi) is 10.2. The highest BCUT2D eigenvalue weighted by Crippen LogP contribution is 2.46. The van der Waals surface area contributed by atoms with Crippen LogP contribution in [0.1, 0.15) is 55.5 Å². The van der Waals surface area contributed by atoms with Gasteiger partial charge in [0.1, 0.15) is 19.0 Å². The molecular formula is C36H37N3O7S2. The number of benzene rings is 3. The van der Waals surface area contributed by atoms with Crippen molar-refractivity contribution in [2.75, 3.05) is 31.3 Å². The summed E-state index contributed by atoms with van der Waals surface area (Å²) in [6, 6.07) is 17.4. The molecule has 2 aliphatic rings. The number of amides is 1. The maximum absolute atomic E-state index is 13.8. The van der Waals surface area contributed by atoms with Gasteiger partial charge in [-0.2, -0.15) is 0 Å². The van der Waals surface area contributed by atoms with Crippen molar-refractivity contribution in [2.45, 2.75) is 50.3 Å². The zero-order chi connectivity index (χ0) is 33.8. The third-order valence-corrected chi connectivity index (χ3v) is 10.0. The molecule has 1 saturated heterocycles. The van der Waals surface area contributed by atoms with Crippen LogP contribution in [0.5, 0.6) is 23.0 Å². The lowest BCUT2D eigenvalue weighted by atomic mass is 9.95. The van der Waals surface area contributed by atoms with Crippen molar-refractivity contribution in [3.8, 4) is 23.0 Å². The van der Waals surface area contributed by atoms with E-state index < -0.39 is 17.7 Å². The van der Waals surface area contributed by atoms with E-state index >= 15 is 0 Å². The van der Waals surface area contributed by atoms with Gasteiger partial charge in [-0.25, -0.2) is 0 Å². The number of anilines is 1. The van der Waals surface area contributed by atoms with Crippen molar-refractivity contribution in [1.82, 2.24) is 10.2 Å². The zero-order valence-corrected chi connectivity index (χ0v) is 28.9. The molecule has 3 heterocycles. The quantitative estimate of drug-likeness (QED) is 0.0532. The minimum Gasteiger partial charge on any atom is -0.507 e. The van der Waals surface area contributed by atoms with Gasteiger partial charge in [-0.05, 0) is 67.6 Å². The largest absolute Gasteiger partial charge is 0.507 e. The third-order valence-electron chi connectivity index (χ3n) is 7.88. The summed E-state index contributed by atoms with van der Waals surface area (Å²) in [5.41, 5.74) is 3.07. The molecule has 1 fully saturated rings. The molecular weight excluding hydrogens is 651 g/mol. The molecule has 48 heavy (non-hydrogen) atoms. The molecule has 0 radical (unpaired) electrons. The van der Waals surface area contributed by atoms with E-state index in [2.05, 4.69) is 48.3 Å². The first-order chi connectivity index (χ1) is 23.2. The molecule has 1 unspecified atom stereocenters. The molecule has 1 atom stereocenters. The van der Waals surface area contributed by atoms with Crippen molar-refractivity contribution in [3.05, 3.63) is 88.5 Å². The van der Waals surface area contributed by atoms with Crippen LogP contribution in [0.4, 0.5) is 5.13 Å². The molecule has 250 valence electrons. The molecule has 1 N–H and O–H groups in total. The maximum atomic E-state index is 13.8. The van der Waals surface area contributed by atoms with Crippen molar-refractivity contribution in [3.63, 3.8) is 0 Å². The second-order valence-electron chi connectivity index (χ2n) is 11.8. The van der Waals surface area contributed by atoms with Gasteiger partial charge in [0.25, 0.3) is 5.78 Å². The Hall–Kier alpha value is -4.55. The molecule has 2 aliphatic heterocycles. The van der Waals surface area contributed by atoms with Crippen LogP contribution >= 0.6 is 23.1 Å². The molecule has 10 nitrogen and oxygen atoms in total. The number of ether oxygens (including phenoxy) is 4. The topological polar surface area (TPSA) is 120 Å². The van der Waals surface area contributed by atoms with Crippen LogP contribution in [0.15, 0.2) is 70.6 Å². The fraction of sp³-hybridized carbons (Fsp3) is 0.333. The number of aliphatic hydroxyl groups is 1. The van der Waals surface area contributed by atoms with E-state index in [4.69, 9.17) is 18.9 Å². The number of ketones is 1. The van der Waals surface area contributed by atoms with E-state index in [-0.39, 0.29) is 16.5 Å². The highest BCUT2D eigenvalue weighted by atomic mass is 32.2. The van der Waals surface area contributed by atoms with Crippen molar-refractivity contribution in [2.24, 2.45) is 5.92 Å². The number of aromatic nitrogens is 2. The molecule has 1 amide bonds. The van der Waals surface area contributed by atoms with Crippen LogP contribution in [0.2, 0.25) is 0 Å². The number of fused-ring (bicyclic) bond motifs is 1. The Morgan fingerprint density at radius 2 is 1.77 bits per heavy atom. The number of nitrogens with zero attached hydrogens (tertiary/aromatic N) is 3. The van der Waals surface area contributed by atoms with Crippen molar-refractivity contribution < 1.29 is 33.6 Å². The molecule has 1 aromatic heterocycles. The third kappa shape index (κ3) is 7.14. The monoisotopic (exact) mass is 687 g/mol. The summed E-state index contributed by atoms with van der Waals surface area (Å²) >= 11 is 2.71. The number of carbonyl (C=O) groups is 2. The number of aryl methyl sites for hydroxylation is 1. The lowest BCUT2D eigenvalue weighted by Gasteiger charge is -2.24. The molecule has 12 heteroatoms. The van der Waals surface area contributed by atoms with Gasteiger partial charge in [-0.15, -0.1) is 10.2 Å². The average Bonchev–Trinajstić information content (AvgIpc) is 3.66. The minimum absolute atomic E-state index is 0.0864. The first kappa shape index (κ1) is 33.4. The summed E-state index contributed by atoms with van der Waals surface area (Å²) in [5.74, 6) is 1.12. The number of aliphatic hydroxyl groups excluding tert-OH is 1. The molecule has 4 aromatic rings. The number of thioether (sulfide) groups is 1. The second kappa shape index (κ2) is 14.7. The standard InChI is InChI=1S/C36H37N3O7S2/c1-5-43-28-18-24(10-12-26(28)44-15-14-21(2)3)31-30(32(40)25-11-13-27-29(19-25)46-17-16-45-27)33(41)34(42)39(31)35-37-38-36(48-35)47-20-23-8-6-22(4)7-9-23/h6-13,18-19,21,31,40H,5,14-17,20H2,1-4H3/b32-30+. The fourth-order valence-corrected chi connectivity index (χ4v) is 7.19. The van der Waals surface area contributed by atoms with E-state index in [0.717, 1.165) is 12.0 Å². The SMILES string of the molecule is CCOc1cc(C2/C(=C(\O)c3ccc4c(c3)OCCO4)C(=O)C(=O)N2c2nnc(SCc3ccc(C)cc3)s2)ccc1OCCC(C)C. The second-order valence-corrected chi connectivity index (χ2v) is 14.0. The summed E-state index contributed by atoms with van der Waals surface area (Å²) in [4.78, 5) is 29.0. The molecule has 0 saturated carbocycles. The van der Waals surface area contributed by atoms with Gasteiger partial charge in [0.15, 0.2) is 27.3 Å². The first-order valence-electron chi connectivity index (χ1n) is 15.9. The van der Waals surface area contributed by atoms with Gasteiger partial charge in [0.05, 0.1) is 24.8 Å². The number of Topliss-reactive ketones (excluding diaryl/α,β-unsaturated/α-hetero) is 1. The molecule has 6 rings (SSSR count). The van der Waals surface area contributed by atoms with Crippen LogP contribution < -0.4 is 23.8 Å². The van der Waals surface area contributed by atoms with Crippen LogP contribution in [0.3, 0.4) is 0 Å². The van der Waals surface area contributed by atoms with E-state index in [1.165, 1.54) is 33.6 Å². The molecule has 3 aromatic carbocycles. The van der Waals surface area contributed by atoms with Crippen molar-refractivity contribution >= 4 is 45.7 Å². The lowest BCUT2D eigenvalue weighted by molar-refractivity contribution is -0.132. The molecule has 0 bridgehead atoms. The fourth-order valence-electron chi connectivity index (χ4n) is 5.37. The van der Waals surface area contributed by atoms with E-state index in [1.54, 1.807) is 36.4 Å². The Bertz CT molecular complexity index is 1840. The summed E-state index contributed by atoms with van der Waals surface area (Å²) < 4.78 is 24.0. The van der Waals surface area contributed by atoms with Crippen LogP contribution in [-0.4, -0.2) is 53.4 Å². The number of carbonyl (C=O) groups excluding carboxylic acids is 2. The van der Waals surface area contributed by atoms with E-state index in [9.17, 15) is 14.7 Å². The van der Waals surface area contributed by atoms with Crippen LogP contribution in [0.25, 0.3) is 5.76 Å². The van der Waals surface area contributed by atoms with Crippen LogP contribution in [-0.2, 0) is 15.3 Å². The van der Waals surface area contributed by atoms with Crippen LogP contribution in [0, 0.1) is 12.8 Å². The lowest BCUT2D eigenvalue weighted by Crippen LogP contribution is -2.29. The summed E-state index contributed by atoms with van der Waals surface area (Å²) in [7, 11) is 0. The average molecular weight is 688 g/mol. The predicted molar refractivity (Wildman–Crippen MR) is 185 cm³/mol. The molecule has 0 spiro atoms. The van der Waals surface area contributed by atoms with Gasteiger partial charge in [0, 0.05) is 11.3 Å². The first-order valence-corrected chi connectivity index (χ1v) is 17.7. The Labute approximate surface area is 287 Å². The van der Waals surface area contributed by atoms with Crippen molar-refractivity contribution in [1.29, 1.82) is 0 Å². The zero-order valence-electron chi connectivity index (χ0n) is 27.2. The smallest absolute Gasteiger partial charge is 0.301 e. The van der Waals surface area contributed by atoms with Gasteiger partial charge in [0.2, 0.25) is 5.13 Å². The molecule has 0 aliphatic carbocycles. The maximum Gasteiger partial charge on any atom is 0.301 e. The van der Waals surface area contributed by atoms with Gasteiger partial charge in [-0.3, -0.25) is 14.5 Å². The number of hydrogen-bond acceptors (Lipinski definition) is 11. The Morgan fingerprint density at radius 1 is 1.00 bits per heavy atom. The predicted octanol–water partition coefficient (Wildman–Crippen LogP) is 7.36. The van der Waals surface area contributed by atoms with E-state index in [0.29, 0.717) is 76.6 Å². The summed E-state index contributed by atoms with van der Waals surface area (Å²) in [6.07, 6.45) is 0.865. The van der Waals surface area contributed by atoms with Gasteiger partial charge in [-0.1, -0.05) is 72.8 Å². The Morgan fingerprint density at radius 3 is 2.52 bits per heavy atom. The summed E-state index contributed by atoms with van der Waals surface area (Å²) in [6.45, 7) is 9.81.